The fourth-order valence-electron chi connectivity index (χ4n) is 3.27. The average Bonchev–Trinajstić information content (AvgIpc) is 2.93. The molecular formula is C17H14F3NO4. The molecule has 0 spiro atoms. The molecule has 0 saturated heterocycles. The fourth-order valence-corrected chi connectivity index (χ4v) is 3.27. The predicted molar refractivity (Wildman–Crippen MR) is 80.4 cm³/mol. The Labute approximate surface area is 140 Å². The van der Waals surface area contributed by atoms with Crippen LogP contribution in [0.15, 0.2) is 40.7 Å². The van der Waals surface area contributed by atoms with Crippen LogP contribution in [0.25, 0.3) is 0 Å². The first-order chi connectivity index (χ1) is 11.9. The molecule has 5 nitrogen and oxygen atoms in total. The van der Waals surface area contributed by atoms with E-state index >= 15 is 0 Å². The van der Waals surface area contributed by atoms with E-state index in [1.165, 1.54) is 12.1 Å². The molecule has 0 bridgehead atoms. The Hall–Kier alpha value is -2.77. The second-order valence-electron chi connectivity index (χ2n) is 5.72. The quantitative estimate of drug-likeness (QED) is 0.814. The maximum absolute atomic E-state index is 14.2. The van der Waals surface area contributed by atoms with Crippen molar-refractivity contribution in [1.82, 2.24) is 5.32 Å². The highest BCUT2D eigenvalue weighted by Crippen LogP contribution is 2.44. The molecular weight excluding hydrogens is 339 g/mol. The molecule has 0 aromatic heterocycles. The molecule has 0 amide bonds. The van der Waals surface area contributed by atoms with Crippen LogP contribution in [0.1, 0.15) is 30.1 Å². The SMILES string of the molecule is C[C@@H](F)c1c(F)cccc1C1C(C(=O)O)=C(CF)NC2=C1C(=O)OC2. The average molecular weight is 353 g/mol. The highest BCUT2D eigenvalue weighted by molar-refractivity contribution is 6.00. The van der Waals surface area contributed by atoms with Gasteiger partial charge in [0.1, 0.15) is 25.3 Å². The van der Waals surface area contributed by atoms with Crippen LogP contribution in [0.2, 0.25) is 0 Å². The van der Waals surface area contributed by atoms with Gasteiger partial charge in [0.2, 0.25) is 0 Å². The molecule has 0 aliphatic carbocycles. The number of carboxylic acid groups (broad SMARTS) is 1. The van der Waals surface area contributed by atoms with Gasteiger partial charge in [-0.3, -0.25) is 0 Å². The molecule has 3 rings (SSSR count). The van der Waals surface area contributed by atoms with Crippen LogP contribution in [0.3, 0.4) is 0 Å². The Kier molecular flexibility index (Phi) is 4.28. The van der Waals surface area contributed by atoms with E-state index in [2.05, 4.69) is 5.32 Å². The number of carboxylic acids is 1. The van der Waals surface area contributed by atoms with Gasteiger partial charge in [-0.2, -0.15) is 0 Å². The van der Waals surface area contributed by atoms with Crippen LogP contribution in [-0.4, -0.2) is 30.3 Å². The fraction of sp³-hybridized carbons (Fsp3) is 0.294. The third kappa shape index (κ3) is 2.67. The van der Waals surface area contributed by atoms with Gasteiger partial charge in [-0.25, -0.2) is 22.8 Å². The van der Waals surface area contributed by atoms with Gasteiger partial charge in [-0.1, -0.05) is 12.1 Å². The van der Waals surface area contributed by atoms with Gasteiger partial charge >= 0.3 is 11.9 Å². The molecule has 2 atom stereocenters. The number of carbonyl (C=O) groups is 2. The van der Waals surface area contributed by atoms with Gasteiger partial charge < -0.3 is 15.2 Å². The molecule has 2 aliphatic rings. The Morgan fingerprint density at radius 3 is 2.80 bits per heavy atom. The zero-order chi connectivity index (χ0) is 18.3. The van der Waals surface area contributed by atoms with E-state index < -0.39 is 42.1 Å². The predicted octanol–water partition coefficient (Wildman–Crippen LogP) is 2.66. The summed E-state index contributed by atoms with van der Waals surface area (Å²) in [6.07, 6.45) is -1.75. The van der Waals surface area contributed by atoms with E-state index in [1.54, 1.807) is 0 Å². The molecule has 132 valence electrons. The van der Waals surface area contributed by atoms with Crippen molar-refractivity contribution in [1.29, 1.82) is 0 Å². The van der Waals surface area contributed by atoms with Crippen molar-refractivity contribution in [2.24, 2.45) is 0 Å². The zero-order valence-corrected chi connectivity index (χ0v) is 13.1. The lowest BCUT2D eigenvalue weighted by Gasteiger charge is -2.28. The number of cyclic esters (lactones) is 1. The van der Waals surface area contributed by atoms with E-state index in [9.17, 15) is 27.9 Å². The number of hydrogen-bond acceptors (Lipinski definition) is 4. The van der Waals surface area contributed by atoms with Crippen molar-refractivity contribution < 1.29 is 32.6 Å². The summed E-state index contributed by atoms with van der Waals surface area (Å²) in [5, 5.41) is 12.1. The summed E-state index contributed by atoms with van der Waals surface area (Å²) in [6.45, 7) is -0.221. The maximum atomic E-state index is 14.2. The van der Waals surface area contributed by atoms with Crippen LogP contribution in [-0.2, 0) is 14.3 Å². The van der Waals surface area contributed by atoms with E-state index in [-0.39, 0.29) is 34.7 Å². The molecule has 0 fully saturated rings. The Morgan fingerprint density at radius 1 is 1.48 bits per heavy atom. The number of alkyl halides is 2. The minimum Gasteiger partial charge on any atom is -0.478 e. The number of carbonyl (C=O) groups excluding carboxylic acids is 1. The van der Waals surface area contributed by atoms with Gasteiger partial charge in [0.25, 0.3) is 0 Å². The molecule has 2 aliphatic heterocycles. The summed E-state index contributed by atoms with van der Waals surface area (Å²) in [7, 11) is 0. The van der Waals surface area contributed by atoms with Crippen molar-refractivity contribution in [3.05, 3.63) is 57.7 Å². The number of esters is 1. The first-order valence-corrected chi connectivity index (χ1v) is 7.48. The molecule has 2 N–H and O–H groups in total. The monoisotopic (exact) mass is 353 g/mol. The molecule has 8 heteroatoms. The summed E-state index contributed by atoms with van der Waals surface area (Å²) in [5.41, 5.74) is -0.996. The molecule has 2 heterocycles. The van der Waals surface area contributed by atoms with Gasteiger partial charge in [0.15, 0.2) is 0 Å². The largest absolute Gasteiger partial charge is 0.478 e. The molecule has 0 saturated carbocycles. The topological polar surface area (TPSA) is 75.6 Å². The summed E-state index contributed by atoms with van der Waals surface area (Å²) in [5.74, 6) is -4.48. The van der Waals surface area contributed by atoms with Gasteiger partial charge in [0, 0.05) is 5.56 Å². The standard InChI is InChI=1S/C17H14F3NO4/c1-7(19)12-8(3-2-4-9(12)20)13-14(16(22)23)10(5-18)21-11-6-25-17(24)15(11)13/h2-4,7,13,21H,5-6H2,1H3,(H,22,23)/t7-,13?/m1/s1. The molecule has 1 aromatic rings. The van der Waals surface area contributed by atoms with E-state index in [0.29, 0.717) is 0 Å². The third-order valence-corrected chi connectivity index (χ3v) is 4.26. The molecule has 25 heavy (non-hydrogen) atoms. The summed E-state index contributed by atoms with van der Waals surface area (Å²) in [4.78, 5) is 23.8. The van der Waals surface area contributed by atoms with E-state index in [1.807, 2.05) is 0 Å². The van der Waals surface area contributed by atoms with E-state index in [0.717, 1.165) is 13.0 Å². The van der Waals surface area contributed by atoms with Crippen LogP contribution < -0.4 is 5.32 Å². The number of hydrogen-bond donors (Lipinski definition) is 2. The summed E-state index contributed by atoms with van der Waals surface area (Å²) >= 11 is 0. The zero-order valence-electron chi connectivity index (χ0n) is 13.1. The molecule has 0 radical (unpaired) electrons. The Balaban J connectivity index is 2.31. The molecule has 1 unspecified atom stereocenters. The normalized spacial score (nSPS) is 21.0. The molecule has 1 aromatic carbocycles. The smallest absolute Gasteiger partial charge is 0.337 e. The van der Waals surface area contributed by atoms with E-state index in [4.69, 9.17) is 4.74 Å². The van der Waals surface area contributed by atoms with Gasteiger partial charge in [0.05, 0.1) is 28.5 Å². The highest BCUT2D eigenvalue weighted by atomic mass is 19.1. The third-order valence-electron chi connectivity index (χ3n) is 4.26. The number of dihydropyridines is 1. The van der Waals surface area contributed by atoms with Crippen molar-refractivity contribution in [2.45, 2.75) is 19.0 Å². The maximum Gasteiger partial charge on any atom is 0.337 e. The number of aliphatic carboxylic acids is 1. The first-order valence-electron chi connectivity index (χ1n) is 7.48. The second-order valence-corrected chi connectivity index (χ2v) is 5.72. The second kappa shape index (κ2) is 6.27. The number of rotatable bonds is 4. The lowest BCUT2D eigenvalue weighted by atomic mass is 9.78. The Bertz CT molecular complexity index is 829. The number of halogens is 3. The van der Waals surface area contributed by atoms with Crippen molar-refractivity contribution in [2.75, 3.05) is 13.3 Å². The van der Waals surface area contributed by atoms with Crippen LogP contribution >= 0.6 is 0 Å². The number of nitrogens with one attached hydrogen (secondary N) is 1. The lowest BCUT2D eigenvalue weighted by molar-refractivity contribution is -0.136. The Morgan fingerprint density at radius 2 is 2.20 bits per heavy atom. The summed E-state index contributed by atoms with van der Waals surface area (Å²) in [6, 6.07) is 3.66. The van der Waals surface area contributed by atoms with Crippen LogP contribution in [0, 0.1) is 5.82 Å². The van der Waals surface area contributed by atoms with Crippen LogP contribution in [0.5, 0.6) is 0 Å². The minimum absolute atomic E-state index is 0.0359. The van der Waals surface area contributed by atoms with Gasteiger partial charge in [-0.05, 0) is 18.6 Å². The van der Waals surface area contributed by atoms with Crippen LogP contribution in [0.4, 0.5) is 13.2 Å². The van der Waals surface area contributed by atoms with Crippen molar-refractivity contribution >= 4 is 11.9 Å². The number of benzene rings is 1. The number of ether oxygens (including phenoxy) is 1. The number of allylic oxidation sites excluding steroid dienone is 1. The van der Waals surface area contributed by atoms with Crippen molar-refractivity contribution in [3.63, 3.8) is 0 Å². The first kappa shape index (κ1) is 17.1. The summed E-state index contributed by atoms with van der Waals surface area (Å²) < 4.78 is 46.5. The van der Waals surface area contributed by atoms with Crippen molar-refractivity contribution in [3.8, 4) is 0 Å². The highest BCUT2D eigenvalue weighted by Gasteiger charge is 2.43. The minimum atomic E-state index is -1.75. The van der Waals surface area contributed by atoms with Gasteiger partial charge in [-0.15, -0.1) is 0 Å². The lowest BCUT2D eigenvalue weighted by Crippen LogP contribution is -2.31.